The maximum Gasteiger partial charge on any atom is 0.372 e. The Morgan fingerprint density at radius 1 is 1.25 bits per heavy atom. The van der Waals surface area contributed by atoms with Crippen LogP contribution in [0.15, 0.2) is 24.3 Å². The first-order valence-electron chi connectivity index (χ1n) is 4.12. The second-order valence-corrected chi connectivity index (χ2v) is 4.15. The molecule has 0 radical (unpaired) electrons. The average Bonchev–Trinajstić information content (AvgIpc) is 2.20. The summed E-state index contributed by atoms with van der Waals surface area (Å²) in [6.45, 7) is 0. The van der Waals surface area contributed by atoms with E-state index in [1.807, 2.05) is 5.32 Å². The summed E-state index contributed by atoms with van der Waals surface area (Å²) in [6.07, 6.45) is 0.493. The Bertz CT molecular complexity index is 389. The summed E-state index contributed by atoms with van der Waals surface area (Å²) in [4.78, 5) is 21.0. The minimum atomic E-state index is -3.45. The highest BCUT2D eigenvalue weighted by atomic mass is 127. The number of carbonyl (C=O) groups is 2. The first-order valence-corrected chi connectivity index (χ1v) is 5.20. The number of carbonyl (C=O) groups excluding carboxylic acids is 2. The van der Waals surface area contributed by atoms with Crippen molar-refractivity contribution in [3.05, 3.63) is 24.3 Å². The predicted molar refractivity (Wildman–Crippen MR) is 63.7 cm³/mol. The fraction of sp³-hybridized carbons (Fsp3) is 0.111. The van der Waals surface area contributed by atoms with Gasteiger partial charge in [0.15, 0.2) is 0 Å². The van der Waals surface area contributed by atoms with E-state index in [1.165, 1.54) is 24.3 Å². The number of amides is 2. The Hall–Kier alpha value is -1.25. The zero-order valence-electron chi connectivity index (χ0n) is 7.84. The Labute approximate surface area is 104 Å². The van der Waals surface area contributed by atoms with Gasteiger partial charge in [-0.25, -0.2) is 0 Å². The molecule has 0 heterocycles. The molecule has 0 spiro atoms. The minimum absolute atomic E-state index is 0.234. The molecule has 2 N–H and O–H groups in total. The molecule has 1 rings (SSSR count). The second kappa shape index (κ2) is 5.19. The largest absolute Gasteiger partial charge is 0.372 e. The molecule has 86 valence electrons. The predicted octanol–water partition coefficient (Wildman–Crippen LogP) is 2.22. The van der Waals surface area contributed by atoms with Gasteiger partial charge in [0.1, 0.15) is 0 Å². The summed E-state index contributed by atoms with van der Waals surface area (Å²) in [5.41, 5.74) is 0.743. The van der Waals surface area contributed by atoms with Crippen molar-refractivity contribution in [2.24, 2.45) is 0 Å². The molecule has 2 amide bonds. The van der Waals surface area contributed by atoms with Gasteiger partial charge < -0.3 is 10.6 Å². The Kier molecular flexibility index (Phi) is 4.16. The summed E-state index contributed by atoms with van der Waals surface area (Å²) >= 11 is 0.745. The van der Waals surface area contributed by atoms with Gasteiger partial charge in [-0.1, -0.05) is 0 Å². The summed E-state index contributed by atoms with van der Waals surface area (Å²) < 4.78 is 21.6. The number of alkyl halides is 3. The highest BCUT2D eigenvalue weighted by Crippen LogP contribution is 2.24. The molecular formula is C9H7F2IN2O2. The molecular weight excluding hydrogens is 333 g/mol. The van der Waals surface area contributed by atoms with Crippen molar-refractivity contribution in [3.8, 4) is 0 Å². The van der Waals surface area contributed by atoms with Crippen molar-refractivity contribution >= 4 is 46.3 Å². The fourth-order valence-corrected chi connectivity index (χ4v) is 1.05. The molecule has 0 aliphatic carbocycles. The number of benzene rings is 1. The number of halogens is 3. The topological polar surface area (TPSA) is 58.2 Å². The van der Waals surface area contributed by atoms with Crippen LogP contribution in [0.5, 0.6) is 0 Å². The monoisotopic (exact) mass is 340 g/mol. The first-order chi connectivity index (χ1) is 7.43. The normalized spacial score (nSPS) is 10.7. The van der Waals surface area contributed by atoms with E-state index in [2.05, 4.69) is 5.32 Å². The van der Waals surface area contributed by atoms with Gasteiger partial charge in [-0.3, -0.25) is 9.59 Å². The lowest BCUT2D eigenvalue weighted by atomic mass is 10.3. The molecule has 1 aromatic carbocycles. The van der Waals surface area contributed by atoms with Crippen LogP contribution in [0, 0.1) is 0 Å². The molecule has 7 heteroatoms. The van der Waals surface area contributed by atoms with Gasteiger partial charge in [-0.2, -0.15) is 8.78 Å². The van der Waals surface area contributed by atoms with E-state index in [9.17, 15) is 18.4 Å². The van der Waals surface area contributed by atoms with E-state index < -0.39 is 9.84 Å². The quantitative estimate of drug-likeness (QED) is 0.502. The van der Waals surface area contributed by atoms with E-state index in [0.29, 0.717) is 12.1 Å². The van der Waals surface area contributed by atoms with Crippen LogP contribution in [-0.4, -0.2) is 16.2 Å². The fourth-order valence-electron chi connectivity index (χ4n) is 0.920. The zero-order valence-corrected chi connectivity index (χ0v) is 9.99. The lowest BCUT2D eigenvalue weighted by Crippen LogP contribution is -2.28. The molecule has 4 nitrogen and oxygen atoms in total. The molecule has 0 saturated carbocycles. The molecule has 0 bridgehead atoms. The van der Waals surface area contributed by atoms with E-state index in [4.69, 9.17) is 0 Å². The summed E-state index contributed by atoms with van der Waals surface area (Å²) in [5.74, 6) is -1.39. The zero-order chi connectivity index (χ0) is 12.2. The van der Waals surface area contributed by atoms with E-state index in [1.54, 1.807) is 0 Å². The van der Waals surface area contributed by atoms with Gasteiger partial charge in [-0.05, 0) is 24.3 Å². The number of hydrogen-bond acceptors (Lipinski definition) is 2. The number of nitrogens with one attached hydrogen (secondary N) is 2. The molecule has 0 aromatic heterocycles. The Morgan fingerprint density at radius 3 is 2.19 bits per heavy atom. The summed E-state index contributed by atoms with van der Waals surface area (Å²) in [6, 6.07) is 5.78. The maximum atomic E-state index is 12.5. The minimum Gasteiger partial charge on any atom is -0.329 e. The maximum absolute atomic E-state index is 12.5. The molecule has 1 aromatic rings. The van der Waals surface area contributed by atoms with Crippen molar-refractivity contribution in [3.63, 3.8) is 0 Å². The van der Waals surface area contributed by atoms with E-state index in [0.717, 1.165) is 22.6 Å². The third-order valence-corrected chi connectivity index (χ3v) is 2.12. The molecule has 0 unspecified atom stereocenters. The number of rotatable bonds is 4. The molecule has 0 atom stereocenters. The number of hydrogen-bond donors (Lipinski definition) is 2. The lowest BCUT2D eigenvalue weighted by Gasteiger charge is -2.09. The Balaban J connectivity index is 2.69. The Morgan fingerprint density at radius 2 is 1.75 bits per heavy atom. The summed E-state index contributed by atoms with van der Waals surface area (Å²) in [7, 11) is 0. The molecule has 0 saturated heterocycles. The van der Waals surface area contributed by atoms with Crippen LogP contribution < -0.4 is 10.6 Å². The van der Waals surface area contributed by atoms with Crippen LogP contribution in [0.1, 0.15) is 0 Å². The highest BCUT2D eigenvalue weighted by Gasteiger charge is 2.34. The first kappa shape index (κ1) is 12.8. The van der Waals surface area contributed by atoms with Crippen molar-refractivity contribution in [2.45, 2.75) is 3.93 Å². The van der Waals surface area contributed by atoms with E-state index >= 15 is 0 Å². The third-order valence-electron chi connectivity index (χ3n) is 1.63. The summed E-state index contributed by atoms with van der Waals surface area (Å²) in [5, 5.41) is 4.41. The highest BCUT2D eigenvalue weighted by molar-refractivity contribution is 14.1. The van der Waals surface area contributed by atoms with Gasteiger partial charge in [0.05, 0.1) is 0 Å². The van der Waals surface area contributed by atoms with Crippen LogP contribution in [0.3, 0.4) is 0 Å². The standard InChI is InChI=1S/C9H7F2IN2O2/c10-9(11,12)8(16)14-7-3-1-6(2-4-7)13-5-15/h1-5H,(H,13,15)(H,14,16). The van der Waals surface area contributed by atoms with Gasteiger partial charge in [0.25, 0.3) is 0 Å². The smallest absolute Gasteiger partial charge is 0.329 e. The van der Waals surface area contributed by atoms with Crippen molar-refractivity contribution < 1.29 is 18.4 Å². The average molecular weight is 340 g/mol. The molecule has 16 heavy (non-hydrogen) atoms. The number of anilines is 2. The van der Waals surface area contributed by atoms with Crippen molar-refractivity contribution in [1.29, 1.82) is 0 Å². The van der Waals surface area contributed by atoms with Crippen LogP contribution in [-0.2, 0) is 9.59 Å². The van der Waals surface area contributed by atoms with Crippen LogP contribution in [0.4, 0.5) is 20.2 Å². The van der Waals surface area contributed by atoms with Gasteiger partial charge in [-0.15, -0.1) is 0 Å². The lowest BCUT2D eigenvalue weighted by molar-refractivity contribution is -0.127. The van der Waals surface area contributed by atoms with E-state index in [-0.39, 0.29) is 5.69 Å². The molecule has 0 fully saturated rings. The van der Waals surface area contributed by atoms with Gasteiger partial charge >= 0.3 is 9.84 Å². The van der Waals surface area contributed by atoms with Crippen molar-refractivity contribution in [2.75, 3.05) is 10.6 Å². The van der Waals surface area contributed by atoms with Crippen LogP contribution in [0.25, 0.3) is 0 Å². The third kappa shape index (κ3) is 3.72. The molecule has 0 aliphatic rings. The van der Waals surface area contributed by atoms with Gasteiger partial charge in [0, 0.05) is 34.0 Å². The second-order valence-electron chi connectivity index (χ2n) is 2.79. The molecule has 0 aliphatic heterocycles. The van der Waals surface area contributed by atoms with Crippen molar-refractivity contribution in [1.82, 2.24) is 0 Å². The van der Waals surface area contributed by atoms with Crippen LogP contribution >= 0.6 is 22.6 Å². The van der Waals surface area contributed by atoms with Crippen LogP contribution in [0.2, 0.25) is 0 Å². The van der Waals surface area contributed by atoms with Gasteiger partial charge in [0.2, 0.25) is 6.41 Å². The SMILES string of the molecule is O=CNc1ccc(NC(=O)C(F)(F)I)cc1.